The van der Waals surface area contributed by atoms with Crippen molar-refractivity contribution in [1.29, 1.82) is 0 Å². The molecule has 160 valence electrons. The number of amides is 2. The number of rotatable bonds is 7. The Kier molecular flexibility index (Phi) is 6.98. The SMILES string of the molecule is COc1cc2c(cc1OC)CN(C(=O)C(NC(=O)CC(C)C)c1ccccc1)CC2. The van der Waals surface area contributed by atoms with Crippen LogP contribution in [0.25, 0.3) is 0 Å². The van der Waals surface area contributed by atoms with E-state index in [0.29, 0.717) is 31.0 Å². The average molecular weight is 411 g/mol. The minimum Gasteiger partial charge on any atom is -0.493 e. The summed E-state index contributed by atoms with van der Waals surface area (Å²) in [6, 6.07) is 12.6. The van der Waals surface area contributed by atoms with Crippen LogP contribution in [0, 0.1) is 5.92 Å². The van der Waals surface area contributed by atoms with E-state index in [1.165, 1.54) is 0 Å². The van der Waals surface area contributed by atoms with Crippen molar-refractivity contribution in [2.45, 2.75) is 39.3 Å². The predicted octanol–water partition coefficient (Wildman–Crippen LogP) is 3.49. The molecular weight excluding hydrogens is 380 g/mol. The highest BCUT2D eigenvalue weighted by molar-refractivity contribution is 5.89. The van der Waals surface area contributed by atoms with Gasteiger partial charge in [0.25, 0.3) is 0 Å². The maximum atomic E-state index is 13.5. The molecule has 0 aromatic heterocycles. The summed E-state index contributed by atoms with van der Waals surface area (Å²) in [7, 11) is 3.22. The van der Waals surface area contributed by atoms with Gasteiger partial charge in [0, 0.05) is 19.5 Å². The van der Waals surface area contributed by atoms with Crippen molar-refractivity contribution in [3.63, 3.8) is 0 Å². The lowest BCUT2D eigenvalue weighted by Gasteiger charge is -2.33. The maximum Gasteiger partial charge on any atom is 0.250 e. The first-order valence-electron chi connectivity index (χ1n) is 10.3. The fourth-order valence-corrected chi connectivity index (χ4v) is 3.78. The number of carbonyl (C=O) groups is 2. The molecule has 30 heavy (non-hydrogen) atoms. The number of fused-ring (bicyclic) bond motifs is 1. The summed E-state index contributed by atoms with van der Waals surface area (Å²) in [4.78, 5) is 27.7. The Balaban J connectivity index is 1.84. The Labute approximate surface area is 178 Å². The smallest absolute Gasteiger partial charge is 0.250 e. The molecule has 0 saturated carbocycles. The van der Waals surface area contributed by atoms with Crippen LogP contribution in [0.5, 0.6) is 11.5 Å². The van der Waals surface area contributed by atoms with Crippen LogP contribution in [0.2, 0.25) is 0 Å². The number of ether oxygens (including phenoxy) is 2. The molecule has 1 unspecified atom stereocenters. The highest BCUT2D eigenvalue weighted by Gasteiger charge is 2.30. The Bertz CT molecular complexity index is 896. The molecule has 1 atom stereocenters. The number of methoxy groups -OCH3 is 2. The first-order valence-corrected chi connectivity index (χ1v) is 10.3. The number of nitrogens with one attached hydrogen (secondary N) is 1. The number of nitrogens with zero attached hydrogens (tertiary/aromatic N) is 1. The molecular formula is C24H30N2O4. The lowest BCUT2D eigenvalue weighted by Crippen LogP contribution is -2.45. The third kappa shape index (κ3) is 4.93. The number of benzene rings is 2. The second-order valence-corrected chi connectivity index (χ2v) is 7.99. The molecule has 1 N–H and O–H groups in total. The largest absolute Gasteiger partial charge is 0.493 e. The van der Waals surface area contributed by atoms with Crippen molar-refractivity contribution >= 4 is 11.8 Å². The number of carbonyl (C=O) groups excluding carboxylic acids is 2. The molecule has 2 aromatic rings. The van der Waals surface area contributed by atoms with Crippen LogP contribution in [-0.4, -0.2) is 37.5 Å². The Hall–Kier alpha value is -3.02. The average Bonchev–Trinajstić information content (AvgIpc) is 2.75. The van der Waals surface area contributed by atoms with Gasteiger partial charge in [-0.15, -0.1) is 0 Å². The van der Waals surface area contributed by atoms with Gasteiger partial charge in [-0.2, -0.15) is 0 Å². The van der Waals surface area contributed by atoms with Gasteiger partial charge in [-0.1, -0.05) is 44.2 Å². The zero-order valence-corrected chi connectivity index (χ0v) is 18.1. The summed E-state index contributed by atoms with van der Waals surface area (Å²) in [5.41, 5.74) is 2.97. The zero-order valence-electron chi connectivity index (χ0n) is 18.1. The Morgan fingerprint density at radius 2 is 1.67 bits per heavy atom. The van der Waals surface area contributed by atoms with E-state index in [-0.39, 0.29) is 17.7 Å². The van der Waals surface area contributed by atoms with E-state index in [9.17, 15) is 9.59 Å². The lowest BCUT2D eigenvalue weighted by atomic mass is 9.97. The molecule has 0 saturated heterocycles. The molecule has 0 aliphatic carbocycles. The summed E-state index contributed by atoms with van der Waals surface area (Å²) >= 11 is 0. The second kappa shape index (κ2) is 9.65. The van der Waals surface area contributed by atoms with Crippen LogP contribution >= 0.6 is 0 Å². The standard InChI is InChI=1S/C24H30N2O4/c1-16(2)12-22(27)25-23(17-8-6-5-7-9-17)24(28)26-11-10-18-13-20(29-3)21(30-4)14-19(18)15-26/h5-9,13-14,16,23H,10-12,15H2,1-4H3,(H,25,27). The first kappa shape index (κ1) is 21.7. The van der Waals surface area contributed by atoms with Crippen molar-refractivity contribution in [1.82, 2.24) is 10.2 Å². The molecule has 6 nitrogen and oxygen atoms in total. The third-order valence-electron chi connectivity index (χ3n) is 5.31. The van der Waals surface area contributed by atoms with E-state index in [4.69, 9.17) is 9.47 Å². The number of hydrogen-bond donors (Lipinski definition) is 1. The lowest BCUT2D eigenvalue weighted by molar-refractivity contribution is -0.137. The minimum absolute atomic E-state index is 0.0984. The fourth-order valence-electron chi connectivity index (χ4n) is 3.78. The van der Waals surface area contributed by atoms with E-state index >= 15 is 0 Å². The third-order valence-corrected chi connectivity index (χ3v) is 5.31. The topological polar surface area (TPSA) is 67.9 Å². The summed E-state index contributed by atoms with van der Waals surface area (Å²) in [5, 5.41) is 2.95. The molecule has 3 rings (SSSR count). The molecule has 0 spiro atoms. The van der Waals surface area contributed by atoms with Gasteiger partial charge in [-0.25, -0.2) is 0 Å². The molecule has 1 aliphatic heterocycles. The van der Waals surface area contributed by atoms with Crippen LogP contribution in [0.1, 0.15) is 43.0 Å². The van der Waals surface area contributed by atoms with E-state index in [1.54, 1.807) is 14.2 Å². The van der Waals surface area contributed by atoms with Crippen molar-refractivity contribution in [3.05, 3.63) is 59.2 Å². The van der Waals surface area contributed by atoms with E-state index in [2.05, 4.69) is 5.32 Å². The summed E-state index contributed by atoms with van der Waals surface area (Å²) in [5.74, 6) is 1.35. The Morgan fingerprint density at radius 1 is 1.03 bits per heavy atom. The van der Waals surface area contributed by atoms with E-state index in [0.717, 1.165) is 23.1 Å². The predicted molar refractivity (Wildman–Crippen MR) is 115 cm³/mol. The second-order valence-electron chi connectivity index (χ2n) is 7.99. The highest BCUT2D eigenvalue weighted by Crippen LogP contribution is 2.34. The molecule has 2 aromatic carbocycles. The molecule has 0 radical (unpaired) electrons. The van der Waals surface area contributed by atoms with Gasteiger partial charge < -0.3 is 19.7 Å². The van der Waals surface area contributed by atoms with Gasteiger partial charge in [0.05, 0.1) is 14.2 Å². The van der Waals surface area contributed by atoms with Gasteiger partial charge in [-0.3, -0.25) is 9.59 Å². The van der Waals surface area contributed by atoms with Crippen LogP contribution < -0.4 is 14.8 Å². The monoisotopic (exact) mass is 410 g/mol. The van der Waals surface area contributed by atoms with Crippen molar-refractivity contribution in [2.75, 3.05) is 20.8 Å². The zero-order chi connectivity index (χ0) is 21.7. The van der Waals surface area contributed by atoms with Gasteiger partial charge in [-0.05, 0) is 41.2 Å². The van der Waals surface area contributed by atoms with Crippen LogP contribution in [0.15, 0.2) is 42.5 Å². The first-order chi connectivity index (χ1) is 14.4. The molecule has 1 aliphatic rings. The van der Waals surface area contributed by atoms with Crippen molar-refractivity contribution < 1.29 is 19.1 Å². The molecule has 6 heteroatoms. The van der Waals surface area contributed by atoms with Gasteiger partial charge in [0.15, 0.2) is 11.5 Å². The van der Waals surface area contributed by atoms with Gasteiger partial charge in [0.2, 0.25) is 11.8 Å². The van der Waals surface area contributed by atoms with Crippen molar-refractivity contribution in [3.8, 4) is 11.5 Å². The minimum atomic E-state index is -0.695. The molecule has 0 fully saturated rings. The van der Waals surface area contributed by atoms with Gasteiger partial charge >= 0.3 is 0 Å². The maximum absolute atomic E-state index is 13.5. The Morgan fingerprint density at radius 3 is 2.27 bits per heavy atom. The van der Waals surface area contributed by atoms with E-state index < -0.39 is 6.04 Å². The van der Waals surface area contributed by atoms with Crippen LogP contribution in [-0.2, 0) is 22.6 Å². The summed E-state index contributed by atoms with van der Waals surface area (Å²) in [6.07, 6.45) is 1.11. The van der Waals surface area contributed by atoms with Crippen LogP contribution in [0.3, 0.4) is 0 Å². The van der Waals surface area contributed by atoms with Crippen LogP contribution in [0.4, 0.5) is 0 Å². The van der Waals surface area contributed by atoms with E-state index in [1.807, 2.05) is 61.2 Å². The molecule has 2 amide bonds. The summed E-state index contributed by atoms with van der Waals surface area (Å²) in [6.45, 7) is 5.03. The fraction of sp³-hybridized carbons (Fsp3) is 0.417. The molecule has 0 bridgehead atoms. The van der Waals surface area contributed by atoms with Gasteiger partial charge in [0.1, 0.15) is 6.04 Å². The van der Waals surface area contributed by atoms with Crippen molar-refractivity contribution in [2.24, 2.45) is 5.92 Å². The highest BCUT2D eigenvalue weighted by atomic mass is 16.5. The quantitative estimate of drug-likeness (QED) is 0.759. The number of hydrogen-bond acceptors (Lipinski definition) is 4. The molecule has 1 heterocycles. The summed E-state index contributed by atoms with van der Waals surface area (Å²) < 4.78 is 10.8. The normalized spacial score (nSPS) is 14.1.